The average Bonchev–Trinajstić information content (AvgIpc) is 2.89. The van der Waals surface area contributed by atoms with Gasteiger partial charge < -0.3 is 15.3 Å². The zero-order chi connectivity index (χ0) is 17.4. The zero-order valence-corrected chi connectivity index (χ0v) is 12.7. The van der Waals surface area contributed by atoms with Crippen molar-refractivity contribution < 1.29 is 27.5 Å². The molecule has 4 nitrogen and oxygen atoms in total. The van der Waals surface area contributed by atoms with E-state index in [2.05, 4.69) is 5.32 Å². The number of halogens is 4. The van der Waals surface area contributed by atoms with Crippen molar-refractivity contribution in [3.05, 3.63) is 29.6 Å². The minimum absolute atomic E-state index is 0.336. The molecule has 0 radical (unpaired) electrons. The molecule has 2 amide bonds. The monoisotopic (exact) mass is 334 g/mol. The van der Waals surface area contributed by atoms with Crippen molar-refractivity contribution >= 4 is 11.7 Å². The Morgan fingerprint density at radius 3 is 2.57 bits per heavy atom. The molecule has 1 fully saturated rings. The number of hydrogen-bond acceptors (Lipinski definition) is 2. The lowest BCUT2D eigenvalue weighted by Gasteiger charge is -2.34. The van der Waals surface area contributed by atoms with Crippen molar-refractivity contribution in [2.24, 2.45) is 0 Å². The standard InChI is InChI=1S/C15H18F4N2O2/c1-14(2,23)12-4-3-7-21(12)13(22)20-11-6-5-9(16)8-10(11)15(17,18)19/h5-6,8,12,23H,3-4,7H2,1-2H3,(H,20,22). The Morgan fingerprint density at radius 1 is 1.35 bits per heavy atom. The molecule has 2 rings (SSSR count). The fraction of sp³-hybridized carbons (Fsp3) is 0.533. The fourth-order valence-electron chi connectivity index (χ4n) is 2.79. The molecule has 23 heavy (non-hydrogen) atoms. The van der Waals surface area contributed by atoms with E-state index in [1.165, 1.54) is 4.90 Å². The van der Waals surface area contributed by atoms with Crippen molar-refractivity contribution in [1.29, 1.82) is 0 Å². The number of urea groups is 1. The first kappa shape index (κ1) is 17.5. The van der Waals surface area contributed by atoms with Gasteiger partial charge in [0.15, 0.2) is 0 Å². The summed E-state index contributed by atoms with van der Waals surface area (Å²) in [5.74, 6) is -1.04. The van der Waals surface area contributed by atoms with Gasteiger partial charge in [-0.1, -0.05) is 0 Å². The zero-order valence-electron chi connectivity index (χ0n) is 12.7. The molecule has 8 heteroatoms. The molecule has 0 saturated carbocycles. The number of benzene rings is 1. The molecular weight excluding hydrogens is 316 g/mol. The van der Waals surface area contributed by atoms with Crippen LogP contribution in [-0.4, -0.2) is 34.2 Å². The maximum Gasteiger partial charge on any atom is 0.418 e. The Labute approximate surface area is 131 Å². The number of amides is 2. The van der Waals surface area contributed by atoms with Crippen LogP contribution >= 0.6 is 0 Å². The van der Waals surface area contributed by atoms with Gasteiger partial charge in [0.05, 0.1) is 22.9 Å². The van der Waals surface area contributed by atoms with Crippen LogP contribution in [0.25, 0.3) is 0 Å². The summed E-state index contributed by atoms with van der Waals surface area (Å²) in [6, 6.07) is 0.838. The van der Waals surface area contributed by atoms with Crippen LogP contribution in [0, 0.1) is 5.82 Å². The lowest BCUT2D eigenvalue weighted by Crippen LogP contribution is -2.49. The Bertz CT molecular complexity index is 596. The van der Waals surface area contributed by atoms with Crippen molar-refractivity contribution in [2.75, 3.05) is 11.9 Å². The second kappa shape index (κ2) is 5.99. The molecule has 1 saturated heterocycles. The normalized spacial score (nSPS) is 19.1. The van der Waals surface area contributed by atoms with E-state index in [-0.39, 0.29) is 0 Å². The van der Waals surface area contributed by atoms with Gasteiger partial charge >= 0.3 is 12.2 Å². The van der Waals surface area contributed by atoms with Gasteiger partial charge in [-0.05, 0) is 44.9 Å². The number of nitrogens with zero attached hydrogens (tertiary/aromatic N) is 1. The van der Waals surface area contributed by atoms with Crippen LogP contribution in [0.3, 0.4) is 0 Å². The molecule has 1 unspecified atom stereocenters. The first-order valence-corrected chi connectivity index (χ1v) is 7.17. The number of nitrogens with one attached hydrogen (secondary N) is 1. The molecule has 0 aliphatic carbocycles. The van der Waals surface area contributed by atoms with Crippen LogP contribution in [0.4, 0.5) is 28.0 Å². The summed E-state index contributed by atoms with van der Waals surface area (Å²) in [6.45, 7) is 3.42. The molecule has 1 aromatic carbocycles. The van der Waals surface area contributed by atoms with Gasteiger partial charge in [-0.2, -0.15) is 13.2 Å². The fourth-order valence-corrected chi connectivity index (χ4v) is 2.79. The lowest BCUT2D eigenvalue weighted by molar-refractivity contribution is -0.137. The summed E-state index contributed by atoms with van der Waals surface area (Å²) in [5, 5.41) is 12.2. The summed E-state index contributed by atoms with van der Waals surface area (Å²) in [4.78, 5) is 13.6. The van der Waals surface area contributed by atoms with Gasteiger partial charge in [-0.3, -0.25) is 0 Å². The molecule has 1 heterocycles. The van der Waals surface area contributed by atoms with E-state index in [0.29, 0.717) is 25.5 Å². The smallest absolute Gasteiger partial charge is 0.388 e. The predicted octanol–water partition coefficient (Wildman–Crippen LogP) is 3.61. The summed E-state index contributed by atoms with van der Waals surface area (Å²) in [7, 11) is 0. The number of anilines is 1. The number of likely N-dealkylation sites (tertiary alicyclic amines) is 1. The minimum Gasteiger partial charge on any atom is -0.388 e. The van der Waals surface area contributed by atoms with Crippen LogP contribution < -0.4 is 5.32 Å². The summed E-state index contributed by atoms with van der Waals surface area (Å²) in [5.41, 5.74) is -2.92. The topological polar surface area (TPSA) is 52.6 Å². The average molecular weight is 334 g/mol. The molecule has 1 aliphatic heterocycles. The lowest BCUT2D eigenvalue weighted by atomic mass is 9.97. The van der Waals surface area contributed by atoms with Crippen molar-refractivity contribution in [2.45, 2.75) is 44.5 Å². The predicted molar refractivity (Wildman–Crippen MR) is 76.4 cm³/mol. The highest BCUT2D eigenvalue weighted by atomic mass is 19.4. The van der Waals surface area contributed by atoms with E-state index in [1.54, 1.807) is 13.8 Å². The Balaban J connectivity index is 2.24. The molecule has 0 bridgehead atoms. The first-order valence-electron chi connectivity index (χ1n) is 7.17. The van der Waals surface area contributed by atoms with E-state index < -0.39 is 40.9 Å². The van der Waals surface area contributed by atoms with Crippen LogP contribution in [0.1, 0.15) is 32.3 Å². The third kappa shape index (κ3) is 3.93. The molecule has 128 valence electrons. The quantitative estimate of drug-likeness (QED) is 0.812. The maximum absolute atomic E-state index is 13.1. The molecule has 0 spiro atoms. The third-order valence-corrected chi connectivity index (χ3v) is 3.86. The van der Waals surface area contributed by atoms with Gasteiger partial charge in [0.2, 0.25) is 0 Å². The van der Waals surface area contributed by atoms with E-state index in [0.717, 1.165) is 12.1 Å². The number of carbonyl (C=O) groups excluding carboxylic acids is 1. The van der Waals surface area contributed by atoms with E-state index in [9.17, 15) is 27.5 Å². The van der Waals surface area contributed by atoms with Gasteiger partial charge in [0, 0.05) is 6.54 Å². The summed E-state index contributed by atoms with van der Waals surface area (Å²) < 4.78 is 51.9. The van der Waals surface area contributed by atoms with Gasteiger partial charge in [0.25, 0.3) is 0 Å². The summed E-state index contributed by atoms with van der Waals surface area (Å²) >= 11 is 0. The van der Waals surface area contributed by atoms with Crippen molar-refractivity contribution in [3.8, 4) is 0 Å². The molecular formula is C15H18F4N2O2. The molecule has 0 aromatic heterocycles. The molecule has 1 aliphatic rings. The van der Waals surface area contributed by atoms with E-state index >= 15 is 0 Å². The number of hydrogen-bond donors (Lipinski definition) is 2. The van der Waals surface area contributed by atoms with E-state index in [4.69, 9.17) is 0 Å². The number of aliphatic hydroxyl groups is 1. The summed E-state index contributed by atoms with van der Waals surface area (Å²) in [6.07, 6.45) is -3.57. The maximum atomic E-state index is 13.1. The van der Waals surface area contributed by atoms with Gasteiger partial charge in [0.1, 0.15) is 5.82 Å². The van der Waals surface area contributed by atoms with Crippen molar-refractivity contribution in [3.63, 3.8) is 0 Å². The molecule has 2 N–H and O–H groups in total. The number of alkyl halides is 3. The highest BCUT2D eigenvalue weighted by Gasteiger charge is 2.40. The number of rotatable bonds is 2. The van der Waals surface area contributed by atoms with Crippen LogP contribution in [-0.2, 0) is 6.18 Å². The Hall–Kier alpha value is -1.83. The van der Waals surface area contributed by atoms with Crippen molar-refractivity contribution in [1.82, 2.24) is 4.90 Å². The second-order valence-corrected chi connectivity index (χ2v) is 6.12. The number of carbonyl (C=O) groups is 1. The van der Waals surface area contributed by atoms with E-state index in [1.807, 2.05) is 0 Å². The molecule has 1 atom stereocenters. The Kier molecular flexibility index (Phi) is 4.57. The second-order valence-electron chi connectivity index (χ2n) is 6.12. The molecule has 1 aromatic rings. The van der Waals surface area contributed by atoms with Crippen LogP contribution in [0.15, 0.2) is 18.2 Å². The largest absolute Gasteiger partial charge is 0.418 e. The minimum atomic E-state index is -4.79. The third-order valence-electron chi connectivity index (χ3n) is 3.86. The Morgan fingerprint density at radius 2 is 2.00 bits per heavy atom. The van der Waals surface area contributed by atoms with Crippen LogP contribution in [0.5, 0.6) is 0 Å². The SMILES string of the molecule is CC(C)(O)C1CCCN1C(=O)Nc1ccc(F)cc1C(F)(F)F. The first-order chi connectivity index (χ1) is 10.5. The van der Waals surface area contributed by atoms with Gasteiger partial charge in [-0.15, -0.1) is 0 Å². The van der Waals surface area contributed by atoms with Gasteiger partial charge in [-0.25, -0.2) is 9.18 Å². The highest BCUT2D eigenvalue weighted by molar-refractivity contribution is 5.90. The van der Waals surface area contributed by atoms with Crippen LogP contribution in [0.2, 0.25) is 0 Å². The highest BCUT2D eigenvalue weighted by Crippen LogP contribution is 2.36.